The molecule has 0 spiro atoms. The maximum absolute atomic E-state index is 13.2. The molecule has 1 atom stereocenters. The third-order valence-corrected chi connectivity index (χ3v) is 2.00. The number of carbonyl (C=O) groups excluding carboxylic acids is 1. The first-order valence-corrected chi connectivity index (χ1v) is 4.66. The maximum Gasteiger partial charge on any atom is 0.304 e. The van der Waals surface area contributed by atoms with Crippen LogP contribution in [0.3, 0.4) is 0 Å². The van der Waals surface area contributed by atoms with E-state index in [2.05, 4.69) is 11.2 Å². The van der Waals surface area contributed by atoms with E-state index >= 15 is 0 Å². The standard InChI is InChI=1S/C11H9FN2O3/c1-3-7(2)13-11(15)8-4-5-10(14(16)17)9(12)6-8/h1,4-7H,2H3,(H,13,15). The summed E-state index contributed by atoms with van der Waals surface area (Å²) in [6.07, 6.45) is 5.06. The van der Waals surface area contributed by atoms with Crippen molar-refractivity contribution in [2.24, 2.45) is 0 Å². The van der Waals surface area contributed by atoms with Crippen LogP contribution in [-0.2, 0) is 0 Å². The first kappa shape index (κ1) is 12.6. The van der Waals surface area contributed by atoms with Crippen LogP contribution >= 0.6 is 0 Å². The lowest BCUT2D eigenvalue weighted by atomic mass is 10.1. The lowest BCUT2D eigenvalue weighted by molar-refractivity contribution is -0.387. The van der Waals surface area contributed by atoms with Gasteiger partial charge in [0.15, 0.2) is 0 Å². The summed E-state index contributed by atoms with van der Waals surface area (Å²) >= 11 is 0. The zero-order valence-electron chi connectivity index (χ0n) is 8.94. The van der Waals surface area contributed by atoms with E-state index in [1.165, 1.54) is 6.07 Å². The van der Waals surface area contributed by atoms with E-state index in [4.69, 9.17) is 6.42 Å². The Hall–Kier alpha value is -2.42. The van der Waals surface area contributed by atoms with Crippen molar-refractivity contribution in [2.45, 2.75) is 13.0 Å². The van der Waals surface area contributed by atoms with Crippen LogP contribution in [0.4, 0.5) is 10.1 Å². The molecular weight excluding hydrogens is 227 g/mol. The van der Waals surface area contributed by atoms with Crippen molar-refractivity contribution in [3.05, 3.63) is 39.7 Å². The Morgan fingerprint density at radius 1 is 1.65 bits per heavy atom. The predicted molar refractivity (Wildman–Crippen MR) is 58.8 cm³/mol. The topological polar surface area (TPSA) is 72.2 Å². The summed E-state index contributed by atoms with van der Waals surface area (Å²) in [6, 6.07) is 2.40. The Morgan fingerprint density at radius 3 is 2.76 bits per heavy atom. The second kappa shape index (κ2) is 5.07. The molecule has 0 heterocycles. The van der Waals surface area contributed by atoms with Gasteiger partial charge < -0.3 is 5.32 Å². The van der Waals surface area contributed by atoms with E-state index in [-0.39, 0.29) is 5.56 Å². The first-order chi connectivity index (χ1) is 7.95. The van der Waals surface area contributed by atoms with Gasteiger partial charge in [0, 0.05) is 11.6 Å². The van der Waals surface area contributed by atoms with Gasteiger partial charge in [0.2, 0.25) is 5.82 Å². The van der Waals surface area contributed by atoms with Crippen LogP contribution in [0.5, 0.6) is 0 Å². The van der Waals surface area contributed by atoms with Gasteiger partial charge in [-0.05, 0) is 19.1 Å². The number of rotatable bonds is 3. The number of halogens is 1. The van der Waals surface area contributed by atoms with E-state index in [1.54, 1.807) is 6.92 Å². The maximum atomic E-state index is 13.2. The van der Waals surface area contributed by atoms with E-state index in [1.807, 2.05) is 0 Å². The third-order valence-electron chi connectivity index (χ3n) is 2.00. The number of nitro groups is 1. The number of amides is 1. The third kappa shape index (κ3) is 3.01. The largest absolute Gasteiger partial charge is 0.339 e. The first-order valence-electron chi connectivity index (χ1n) is 4.66. The minimum Gasteiger partial charge on any atom is -0.339 e. The summed E-state index contributed by atoms with van der Waals surface area (Å²) < 4.78 is 13.2. The highest BCUT2D eigenvalue weighted by atomic mass is 19.1. The molecule has 0 saturated heterocycles. The molecule has 0 fully saturated rings. The number of hydrogen-bond acceptors (Lipinski definition) is 3. The molecule has 17 heavy (non-hydrogen) atoms. The van der Waals surface area contributed by atoms with Gasteiger partial charge in [0.1, 0.15) is 0 Å². The molecule has 0 saturated carbocycles. The van der Waals surface area contributed by atoms with Gasteiger partial charge in [-0.3, -0.25) is 14.9 Å². The summed E-state index contributed by atoms with van der Waals surface area (Å²) in [7, 11) is 0. The van der Waals surface area contributed by atoms with Crippen LogP contribution in [0.25, 0.3) is 0 Å². The highest BCUT2D eigenvalue weighted by Gasteiger charge is 2.17. The summed E-state index contributed by atoms with van der Waals surface area (Å²) in [4.78, 5) is 21.0. The molecule has 88 valence electrons. The summed E-state index contributed by atoms with van der Waals surface area (Å²) in [5, 5.41) is 12.8. The monoisotopic (exact) mass is 236 g/mol. The quantitative estimate of drug-likeness (QED) is 0.491. The van der Waals surface area contributed by atoms with E-state index < -0.39 is 28.4 Å². The van der Waals surface area contributed by atoms with Gasteiger partial charge in [-0.1, -0.05) is 5.92 Å². The smallest absolute Gasteiger partial charge is 0.304 e. The minimum atomic E-state index is -1.06. The van der Waals surface area contributed by atoms with Gasteiger partial charge in [-0.2, -0.15) is 4.39 Å². The van der Waals surface area contributed by atoms with Crippen LogP contribution in [0.2, 0.25) is 0 Å². The van der Waals surface area contributed by atoms with Gasteiger partial charge in [-0.25, -0.2) is 0 Å². The average molecular weight is 236 g/mol. The van der Waals surface area contributed by atoms with E-state index in [0.29, 0.717) is 0 Å². The fourth-order valence-corrected chi connectivity index (χ4v) is 1.12. The molecule has 1 amide bonds. The van der Waals surface area contributed by atoms with Gasteiger partial charge in [0.05, 0.1) is 11.0 Å². The zero-order valence-corrected chi connectivity index (χ0v) is 8.94. The second-order valence-electron chi connectivity index (χ2n) is 3.29. The molecule has 6 heteroatoms. The van der Waals surface area contributed by atoms with Crippen molar-refractivity contribution in [2.75, 3.05) is 0 Å². The number of nitrogens with one attached hydrogen (secondary N) is 1. The molecular formula is C11H9FN2O3. The molecule has 0 aliphatic rings. The molecule has 1 aromatic carbocycles. The fraction of sp³-hybridized carbons (Fsp3) is 0.182. The van der Waals surface area contributed by atoms with Crippen molar-refractivity contribution >= 4 is 11.6 Å². The summed E-state index contributed by atoms with van der Waals surface area (Å²) in [5.41, 5.74) is -0.693. The number of benzene rings is 1. The zero-order chi connectivity index (χ0) is 13.0. The Labute approximate surface area is 96.8 Å². The van der Waals surface area contributed by atoms with Crippen LogP contribution in [0, 0.1) is 28.3 Å². The summed E-state index contributed by atoms with van der Waals surface area (Å²) in [6.45, 7) is 1.58. The van der Waals surface area contributed by atoms with Crippen molar-refractivity contribution < 1.29 is 14.1 Å². The fourth-order valence-electron chi connectivity index (χ4n) is 1.12. The molecule has 0 aromatic heterocycles. The highest BCUT2D eigenvalue weighted by Crippen LogP contribution is 2.17. The second-order valence-corrected chi connectivity index (χ2v) is 3.29. The molecule has 0 bridgehead atoms. The predicted octanol–water partition coefficient (Wildman–Crippen LogP) is 1.49. The van der Waals surface area contributed by atoms with Crippen molar-refractivity contribution in [1.82, 2.24) is 5.32 Å². The average Bonchev–Trinajstić information content (AvgIpc) is 2.28. The Morgan fingerprint density at radius 2 is 2.29 bits per heavy atom. The lowest BCUT2D eigenvalue weighted by Crippen LogP contribution is -2.31. The van der Waals surface area contributed by atoms with Crippen molar-refractivity contribution in [3.8, 4) is 12.3 Å². The molecule has 1 rings (SSSR count). The van der Waals surface area contributed by atoms with Crippen LogP contribution in [0.1, 0.15) is 17.3 Å². The molecule has 0 radical (unpaired) electrons. The highest BCUT2D eigenvalue weighted by molar-refractivity contribution is 5.94. The lowest BCUT2D eigenvalue weighted by Gasteiger charge is -2.07. The Balaban J connectivity index is 2.95. The van der Waals surface area contributed by atoms with Crippen molar-refractivity contribution in [3.63, 3.8) is 0 Å². The van der Waals surface area contributed by atoms with Crippen LogP contribution < -0.4 is 5.32 Å². The number of nitrogens with zero attached hydrogens (tertiary/aromatic N) is 1. The molecule has 1 unspecified atom stereocenters. The number of carbonyl (C=O) groups is 1. The van der Waals surface area contributed by atoms with Gasteiger partial charge in [0.25, 0.3) is 5.91 Å². The van der Waals surface area contributed by atoms with Gasteiger partial charge in [-0.15, -0.1) is 6.42 Å². The van der Waals surface area contributed by atoms with E-state index in [9.17, 15) is 19.3 Å². The van der Waals surface area contributed by atoms with Crippen LogP contribution in [0.15, 0.2) is 18.2 Å². The van der Waals surface area contributed by atoms with Crippen molar-refractivity contribution in [1.29, 1.82) is 0 Å². The number of terminal acetylenes is 1. The Kier molecular flexibility index (Phi) is 3.78. The normalized spacial score (nSPS) is 11.4. The number of nitro benzene ring substituents is 1. The number of hydrogen-bond donors (Lipinski definition) is 1. The Bertz CT molecular complexity index is 508. The summed E-state index contributed by atoms with van der Waals surface area (Å²) in [5.74, 6) is 0.637. The molecule has 0 aliphatic carbocycles. The van der Waals surface area contributed by atoms with Crippen LogP contribution in [-0.4, -0.2) is 16.9 Å². The molecule has 1 N–H and O–H groups in total. The molecule has 5 nitrogen and oxygen atoms in total. The minimum absolute atomic E-state index is 0.0183. The van der Waals surface area contributed by atoms with Gasteiger partial charge >= 0.3 is 5.69 Å². The molecule has 1 aromatic rings. The van der Waals surface area contributed by atoms with E-state index in [0.717, 1.165) is 12.1 Å². The molecule has 0 aliphatic heterocycles. The SMILES string of the molecule is C#CC(C)NC(=O)c1ccc([N+](=O)[O-])c(F)c1.